The highest BCUT2D eigenvalue weighted by molar-refractivity contribution is 5.97. The van der Waals surface area contributed by atoms with Crippen molar-refractivity contribution in [1.82, 2.24) is 10.6 Å². The van der Waals surface area contributed by atoms with E-state index in [9.17, 15) is 14.4 Å². The summed E-state index contributed by atoms with van der Waals surface area (Å²) in [6.45, 7) is 5.45. The van der Waals surface area contributed by atoms with Crippen molar-refractivity contribution < 1.29 is 23.9 Å². The maximum absolute atomic E-state index is 12.1. The predicted octanol–water partition coefficient (Wildman–Crippen LogP) is 1.11. The van der Waals surface area contributed by atoms with Crippen molar-refractivity contribution in [2.24, 2.45) is 0 Å². The number of nitrogens with one attached hydrogen (secondary N) is 3. The van der Waals surface area contributed by atoms with Crippen LogP contribution in [0.1, 0.15) is 30.6 Å². The first-order valence-corrected chi connectivity index (χ1v) is 8.68. The number of amides is 2. The molecule has 1 aliphatic rings. The summed E-state index contributed by atoms with van der Waals surface area (Å²) < 4.78 is 10.2. The molecule has 0 radical (unpaired) electrons. The second-order valence-corrected chi connectivity index (χ2v) is 6.00. The lowest BCUT2D eigenvalue weighted by Gasteiger charge is -2.23. The van der Waals surface area contributed by atoms with Crippen molar-refractivity contribution in [3.05, 3.63) is 29.8 Å². The van der Waals surface area contributed by atoms with Crippen LogP contribution < -0.4 is 16.0 Å². The van der Waals surface area contributed by atoms with Crippen molar-refractivity contribution in [1.29, 1.82) is 0 Å². The first-order chi connectivity index (χ1) is 12.5. The van der Waals surface area contributed by atoms with Gasteiger partial charge in [-0.1, -0.05) is 0 Å². The van der Waals surface area contributed by atoms with Crippen LogP contribution in [-0.2, 0) is 19.1 Å². The molecule has 1 aromatic carbocycles. The number of ether oxygens (including phenoxy) is 2. The van der Waals surface area contributed by atoms with Gasteiger partial charge in [-0.3, -0.25) is 9.59 Å². The standard InChI is InChI=1S/C18H25N3O5.ClH/c1-3-26-18(24)12(2)20-17(23)13-4-6-14(7-5-13)21-16(22)10-15-11-25-9-8-19-15;/h4-7,12,15,19H,3,8-11H2,1-2H3,(H,20,23)(H,21,22);1H. The fraction of sp³-hybridized carbons (Fsp3) is 0.500. The van der Waals surface area contributed by atoms with Gasteiger partial charge < -0.3 is 25.4 Å². The summed E-state index contributed by atoms with van der Waals surface area (Å²) in [6.07, 6.45) is 0.319. The molecule has 0 saturated carbocycles. The van der Waals surface area contributed by atoms with E-state index in [0.29, 0.717) is 30.9 Å². The molecule has 2 unspecified atom stereocenters. The summed E-state index contributed by atoms with van der Waals surface area (Å²) in [6, 6.07) is 5.75. The highest BCUT2D eigenvalue weighted by atomic mass is 35.5. The highest BCUT2D eigenvalue weighted by Gasteiger charge is 2.18. The Balaban J connectivity index is 0.00000364. The van der Waals surface area contributed by atoms with E-state index in [1.54, 1.807) is 38.1 Å². The van der Waals surface area contributed by atoms with Gasteiger partial charge >= 0.3 is 5.97 Å². The zero-order valence-corrected chi connectivity index (χ0v) is 16.3. The average Bonchev–Trinajstić information content (AvgIpc) is 2.63. The molecule has 8 nitrogen and oxygen atoms in total. The molecular formula is C18H26ClN3O5. The minimum Gasteiger partial charge on any atom is -0.464 e. The molecule has 1 fully saturated rings. The van der Waals surface area contributed by atoms with Crippen LogP contribution >= 0.6 is 12.4 Å². The maximum atomic E-state index is 12.1. The highest BCUT2D eigenvalue weighted by Crippen LogP contribution is 2.11. The fourth-order valence-corrected chi connectivity index (χ4v) is 2.50. The fourth-order valence-electron chi connectivity index (χ4n) is 2.50. The summed E-state index contributed by atoms with van der Waals surface area (Å²) in [5, 5.41) is 8.58. The summed E-state index contributed by atoms with van der Waals surface area (Å²) in [7, 11) is 0. The number of halogens is 1. The van der Waals surface area contributed by atoms with Gasteiger partial charge in [0.05, 0.1) is 19.8 Å². The predicted molar refractivity (Wildman–Crippen MR) is 103 cm³/mol. The maximum Gasteiger partial charge on any atom is 0.328 e. The van der Waals surface area contributed by atoms with Gasteiger partial charge in [-0.15, -0.1) is 12.4 Å². The van der Waals surface area contributed by atoms with E-state index in [0.717, 1.165) is 6.54 Å². The lowest BCUT2D eigenvalue weighted by Crippen LogP contribution is -2.43. The number of rotatable bonds is 7. The van der Waals surface area contributed by atoms with Crippen molar-refractivity contribution in [2.75, 3.05) is 31.7 Å². The van der Waals surface area contributed by atoms with Gasteiger partial charge in [0.15, 0.2) is 0 Å². The quantitative estimate of drug-likeness (QED) is 0.593. The normalized spacial score (nSPS) is 17.2. The van der Waals surface area contributed by atoms with Crippen LogP contribution in [0.3, 0.4) is 0 Å². The van der Waals surface area contributed by atoms with Gasteiger partial charge in [0.25, 0.3) is 5.91 Å². The van der Waals surface area contributed by atoms with Crippen LogP contribution in [0.15, 0.2) is 24.3 Å². The largest absolute Gasteiger partial charge is 0.464 e. The number of hydrogen-bond acceptors (Lipinski definition) is 6. The third-order valence-corrected chi connectivity index (χ3v) is 3.85. The molecule has 1 aromatic rings. The number of benzene rings is 1. The third-order valence-electron chi connectivity index (χ3n) is 3.85. The minimum absolute atomic E-state index is 0. The number of morpholine rings is 1. The molecule has 27 heavy (non-hydrogen) atoms. The smallest absolute Gasteiger partial charge is 0.328 e. The van der Waals surface area contributed by atoms with Crippen molar-refractivity contribution >= 4 is 35.9 Å². The SMILES string of the molecule is CCOC(=O)C(C)NC(=O)c1ccc(NC(=O)CC2COCCN2)cc1.Cl. The molecular weight excluding hydrogens is 374 g/mol. The van der Waals surface area contributed by atoms with E-state index in [4.69, 9.17) is 9.47 Å². The molecule has 0 aromatic heterocycles. The topological polar surface area (TPSA) is 106 Å². The van der Waals surface area contributed by atoms with Gasteiger partial charge in [0.2, 0.25) is 5.91 Å². The Morgan fingerprint density at radius 2 is 2.00 bits per heavy atom. The first-order valence-electron chi connectivity index (χ1n) is 8.68. The van der Waals surface area contributed by atoms with Crippen LogP contribution in [0.4, 0.5) is 5.69 Å². The molecule has 9 heteroatoms. The second-order valence-electron chi connectivity index (χ2n) is 6.00. The Labute approximate surface area is 164 Å². The van der Waals surface area contributed by atoms with Gasteiger partial charge in [-0.05, 0) is 38.1 Å². The first kappa shape index (κ1) is 22.9. The van der Waals surface area contributed by atoms with Crippen molar-refractivity contribution in [2.45, 2.75) is 32.4 Å². The Bertz CT molecular complexity index is 632. The molecule has 1 heterocycles. The monoisotopic (exact) mass is 399 g/mol. The summed E-state index contributed by atoms with van der Waals surface area (Å²) in [5.41, 5.74) is 0.989. The van der Waals surface area contributed by atoms with E-state index in [2.05, 4.69) is 16.0 Å². The molecule has 0 bridgehead atoms. The molecule has 1 saturated heterocycles. The van der Waals surface area contributed by atoms with E-state index in [1.807, 2.05) is 0 Å². The van der Waals surface area contributed by atoms with Gasteiger partial charge in [-0.25, -0.2) is 4.79 Å². The molecule has 150 valence electrons. The summed E-state index contributed by atoms with van der Waals surface area (Å²) in [4.78, 5) is 35.7. The summed E-state index contributed by atoms with van der Waals surface area (Å²) in [5.74, 6) is -0.988. The van der Waals surface area contributed by atoms with Crippen LogP contribution in [0, 0.1) is 0 Å². The molecule has 3 N–H and O–H groups in total. The van der Waals surface area contributed by atoms with Crippen LogP contribution in [0.25, 0.3) is 0 Å². The van der Waals surface area contributed by atoms with Crippen LogP contribution in [0.5, 0.6) is 0 Å². The van der Waals surface area contributed by atoms with Gasteiger partial charge in [0.1, 0.15) is 6.04 Å². The van der Waals surface area contributed by atoms with Crippen molar-refractivity contribution in [3.8, 4) is 0 Å². The number of hydrogen-bond donors (Lipinski definition) is 3. The Morgan fingerprint density at radius 3 is 2.59 bits per heavy atom. The zero-order chi connectivity index (χ0) is 18.9. The Kier molecular flexibility index (Phi) is 9.77. The number of anilines is 1. The third kappa shape index (κ3) is 7.54. The molecule has 2 rings (SSSR count). The number of esters is 1. The van der Waals surface area contributed by atoms with Crippen molar-refractivity contribution in [3.63, 3.8) is 0 Å². The van der Waals surface area contributed by atoms with Crippen LogP contribution in [-0.4, -0.2) is 56.2 Å². The lowest BCUT2D eigenvalue weighted by atomic mass is 10.1. The number of carbonyl (C=O) groups is 3. The molecule has 2 amide bonds. The van der Waals surface area contributed by atoms with E-state index >= 15 is 0 Å². The molecule has 0 aliphatic carbocycles. The van der Waals surface area contributed by atoms with Crippen LogP contribution in [0.2, 0.25) is 0 Å². The summed E-state index contributed by atoms with van der Waals surface area (Å²) >= 11 is 0. The van der Waals surface area contributed by atoms with E-state index in [-0.39, 0.29) is 36.9 Å². The van der Waals surface area contributed by atoms with E-state index in [1.165, 1.54) is 0 Å². The van der Waals surface area contributed by atoms with Gasteiger partial charge in [-0.2, -0.15) is 0 Å². The van der Waals surface area contributed by atoms with Gasteiger partial charge in [0, 0.05) is 30.3 Å². The lowest BCUT2D eigenvalue weighted by molar-refractivity contribution is -0.144. The molecule has 2 atom stereocenters. The minimum atomic E-state index is -0.730. The average molecular weight is 400 g/mol. The molecule has 0 spiro atoms. The zero-order valence-electron chi connectivity index (χ0n) is 15.4. The number of carbonyl (C=O) groups excluding carboxylic acids is 3. The van der Waals surface area contributed by atoms with E-state index < -0.39 is 12.0 Å². The Hall–Kier alpha value is -2.16. The molecule has 1 aliphatic heterocycles. The Morgan fingerprint density at radius 1 is 1.30 bits per heavy atom. The second kappa shape index (κ2) is 11.5.